The normalized spacial score (nSPS) is 16.8. The number of aliphatic hydroxyl groups excluding tert-OH is 1. The van der Waals surface area contributed by atoms with E-state index in [4.69, 9.17) is 9.84 Å². The number of hydrogen-bond donors (Lipinski definition) is 2. The highest BCUT2D eigenvalue weighted by Crippen LogP contribution is 2.44. The minimum atomic E-state index is 0.176. The number of nitrogens with one attached hydrogen (secondary N) is 1. The smallest absolute Gasteiger partial charge is 0.120 e. The summed E-state index contributed by atoms with van der Waals surface area (Å²) >= 11 is 3.41. The van der Waals surface area contributed by atoms with Gasteiger partial charge in [0.2, 0.25) is 0 Å². The van der Waals surface area contributed by atoms with Crippen LogP contribution in [0.15, 0.2) is 28.7 Å². The van der Waals surface area contributed by atoms with Gasteiger partial charge in [-0.3, -0.25) is 0 Å². The van der Waals surface area contributed by atoms with Gasteiger partial charge in [-0.15, -0.1) is 0 Å². The van der Waals surface area contributed by atoms with Crippen LogP contribution in [0.4, 0.5) is 0 Å². The van der Waals surface area contributed by atoms with E-state index < -0.39 is 0 Å². The molecule has 0 heterocycles. The van der Waals surface area contributed by atoms with Crippen molar-refractivity contribution in [2.24, 2.45) is 5.41 Å². The highest BCUT2D eigenvalue weighted by Gasteiger charge is 2.41. The summed E-state index contributed by atoms with van der Waals surface area (Å²) in [4.78, 5) is 0. The van der Waals surface area contributed by atoms with Crippen molar-refractivity contribution in [3.8, 4) is 5.75 Å². The third-order valence-corrected chi connectivity index (χ3v) is 3.63. The summed E-state index contributed by atoms with van der Waals surface area (Å²) in [6, 6.07) is 7.83. The Morgan fingerprint density at radius 2 is 2.24 bits per heavy atom. The van der Waals surface area contributed by atoms with Gasteiger partial charge >= 0.3 is 0 Å². The van der Waals surface area contributed by atoms with Gasteiger partial charge in [0.05, 0.1) is 0 Å². The standard InChI is InChI=1S/C13H18BrNO2/c14-11-2-1-3-12(8-11)17-7-6-15-9-13(10-16)4-5-13/h1-3,8,15-16H,4-7,9-10H2. The lowest BCUT2D eigenvalue weighted by molar-refractivity contribution is 0.204. The maximum Gasteiger partial charge on any atom is 0.120 e. The predicted molar refractivity (Wildman–Crippen MR) is 71.3 cm³/mol. The fraction of sp³-hybridized carbons (Fsp3) is 0.538. The molecule has 3 nitrogen and oxygen atoms in total. The molecule has 0 amide bonds. The number of benzene rings is 1. The van der Waals surface area contributed by atoms with E-state index in [1.54, 1.807) is 0 Å². The number of ether oxygens (including phenoxy) is 1. The van der Waals surface area contributed by atoms with Gasteiger partial charge in [-0.25, -0.2) is 0 Å². The molecule has 94 valence electrons. The van der Waals surface area contributed by atoms with Crippen molar-refractivity contribution >= 4 is 15.9 Å². The van der Waals surface area contributed by atoms with Crippen LogP contribution in [0.3, 0.4) is 0 Å². The SMILES string of the molecule is OCC1(CNCCOc2cccc(Br)c2)CC1. The molecule has 0 unspecified atom stereocenters. The summed E-state index contributed by atoms with van der Waals surface area (Å²) in [6.45, 7) is 2.66. The maximum atomic E-state index is 9.15. The Kier molecular flexibility index (Phi) is 4.42. The molecular formula is C13H18BrNO2. The van der Waals surface area contributed by atoms with Gasteiger partial charge in [-0.1, -0.05) is 22.0 Å². The molecule has 0 atom stereocenters. The lowest BCUT2D eigenvalue weighted by Gasteiger charge is -2.13. The molecule has 1 aromatic carbocycles. The van der Waals surface area contributed by atoms with E-state index in [0.717, 1.165) is 36.2 Å². The van der Waals surface area contributed by atoms with Gasteiger partial charge in [0.1, 0.15) is 12.4 Å². The van der Waals surface area contributed by atoms with Crippen LogP contribution in [0.5, 0.6) is 5.75 Å². The first-order valence-electron chi connectivity index (χ1n) is 5.94. The van der Waals surface area contributed by atoms with Gasteiger partial charge in [0, 0.05) is 29.6 Å². The fourth-order valence-electron chi connectivity index (χ4n) is 1.72. The first kappa shape index (κ1) is 12.9. The van der Waals surface area contributed by atoms with Gasteiger partial charge in [-0.2, -0.15) is 0 Å². The second-order valence-electron chi connectivity index (χ2n) is 4.64. The zero-order valence-electron chi connectivity index (χ0n) is 9.79. The Balaban J connectivity index is 1.60. The first-order chi connectivity index (χ1) is 8.24. The Labute approximate surface area is 110 Å². The molecule has 2 N–H and O–H groups in total. The largest absolute Gasteiger partial charge is 0.492 e. The predicted octanol–water partition coefficient (Wildman–Crippen LogP) is 2.19. The topological polar surface area (TPSA) is 41.5 Å². The lowest BCUT2D eigenvalue weighted by Crippen LogP contribution is -2.29. The molecule has 4 heteroatoms. The number of aliphatic hydroxyl groups is 1. The van der Waals surface area contributed by atoms with Crippen molar-refractivity contribution in [1.29, 1.82) is 0 Å². The molecule has 0 saturated heterocycles. The monoisotopic (exact) mass is 299 g/mol. The Bertz CT molecular complexity index is 366. The van der Waals surface area contributed by atoms with Crippen molar-refractivity contribution in [3.63, 3.8) is 0 Å². The molecule has 1 fully saturated rings. The average Bonchev–Trinajstić information content (AvgIpc) is 3.09. The third kappa shape index (κ3) is 3.98. The molecule has 17 heavy (non-hydrogen) atoms. The van der Waals surface area contributed by atoms with Crippen LogP contribution in [0, 0.1) is 5.41 Å². The summed E-state index contributed by atoms with van der Waals surface area (Å²) in [7, 11) is 0. The number of halogens is 1. The molecule has 0 bridgehead atoms. The molecule has 0 radical (unpaired) electrons. The molecule has 0 spiro atoms. The fourth-order valence-corrected chi connectivity index (χ4v) is 2.10. The summed E-state index contributed by atoms with van der Waals surface area (Å²) in [5.74, 6) is 0.879. The van der Waals surface area contributed by atoms with Crippen LogP contribution in [0.25, 0.3) is 0 Å². The molecule has 2 rings (SSSR count). The molecule has 1 saturated carbocycles. The van der Waals surface area contributed by atoms with Crippen LogP contribution < -0.4 is 10.1 Å². The summed E-state index contributed by atoms with van der Waals surface area (Å²) in [5.41, 5.74) is 0.176. The Morgan fingerprint density at radius 3 is 2.88 bits per heavy atom. The number of rotatable bonds is 7. The van der Waals surface area contributed by atoms with Gasteiger partial charge < -0.3 is 15.2 Å². The maximum absolute atomic E-state index is 9.15. The van der Waals surface area contributed by atoms with Crippen molar-refractivity contribution in [3.05, 3.63) is 28.7 Å². The molecular weight excluding hydrogens is 282 g/mol. The van der Waals surface area contributed by atoms with E-state index in [0.29, 0.717) is 13.2 Å². The molecule has 0 aromatic heterocycles. The van der Waals surface area contributed by atoms with Gasteiger partial charge in [-0.05, 0) is 31.0 Å². The van der Waals surface area contributed by atoms with Crippen LogP contribution in [-0.4, -0.2) is 31.4 Å². The van der Waals surface area contributed by atoms with Gasteiger partial charge in [0.25, 0.3) is 0 Å². The van der Waals surface area contributed by atoms with Gasteiger partial charge in [0.15, 0.2) is 0 Å². The van der Waals surface area contributed by atoms with E-state index >= 15 is 0 Å². The minimum absolute atomic E-state index is 0.176. The summed E-state index contributed by atoms with van der Waals surface area (Å²) < 4.78 is 6.63. The van der Waals surface area contributed by atoms with E-state index in [1.165, 1.54) is 0 Å². The molecule has 0 aliphatic heterocycles. The Hall–Kier alpha value is -0.580. The summed E-state index contributed by atoms with van der Waals surface area (Å²) in [6.07, 6.45) is 2.28. The van der Waals surface area contributed by atoms with Crippen LogP contribution >= 0.6 is 15.9 Å². The quantitative estimate of drug-likeness (QED) is 0.759. The van der Waals surface area contributed by atoms with E-state index in [2.05, 4.69) is 21.2 Å². The second-order valence-corrected chi connectivity index (χ2v) is 5.56. The van der Waals surface area contributed by atoms with Crippen molar-refractivity contribution in [1.82, 2.24) is 5.32 Å². The minimum Gasteiger partial charge on any atom is -0.492 e. The van der Waals surface area contributed by atoms with E-state index in [1.807, 2.05) is 24.3 Å². The van der Waals surface area contributed by atoms with Crippen molar-refractivity contribution in [2.45, 2.75) is 12.8 Å². The highest BCUT2D eigenvalue weighted by atomic mass is 79.9. The second kappa shape index (κ2) is 5.85. The lowest BCUT2D eigenvalue weighted by atomic mass is 10.1. The van der Waals surface area contributed by atoms with Crippen LogP contribution in [0.2, 0.25) is 0 Å². The van der Waals surface area contributed by atoms with Crippen LogP contribution in [-0.2, 0) is 0 Å². The van der Waals surface area contributed by atoms with Crippen molar-refractivity contribution in [2.75, 3.05) is 26.3 Å². The third-order valence-electron chi connectivity index (χ3n) is 3.14. The zero-order valence-corrected chi connectivity index (χ0v) is 11.4. The van der Waals surface area contributed by atoms with E-state index in [-0.39, 0.29) is 5.41 Å². The van der Waals surface area contributed by atoms with Crippen LogP contribution in [0.1, 0.15) is 12.8 Å². The Morgan fingerprint density at radius 1 is 1.41 bits per heavy atom. The molecule has 1 aliphatic carbocycles. The first-order valence-corrected chi connectivity index (χ1v) is 6.73. The average molecular weight is 300 g/mol. The number of hydrogen-bond acceptors (Lipinski definition) is 3. The van der Waals surface area contributed by atoms with E-state index in [9.17, 15) is 0 Å². The summed E-state index contributed by atoms with van der Waals surface area (Å²) in [5, 5.41) is 12.5. The highest BCUT2D eigenvalue weighted by molar-refractivity contribution is 9.10. The molecule has 1 aromatic rings. The zero-order chi connectivity index (χ0) is 12.1. The molecule has 1 aliphatic rings. The van der Waals surface area contributed by atoms with Crippen molar-refractivity contribution < 1.29 is 9.84 Å².